The summed E-state index contributed by atoms with van der Waals surface area (Å²) >= 11 is 4.88. The van der Waals surface area contributed by atoms with Gasteiger partial charge < -0.3 is 10.1 Å². The van der Waals surface area contributed by atoms with Gasteiger partial charge >= 0.3 is 5.97 Å². The van der Waals surface area contributed by atoms with E-state index in [1.807, 2.05) is 12.3 Å². The summed E-state index contributed by atoms with van der Waals surface area (Å²) in [7, 11) is 0. The lowest BCUT2D eigenvalue weighted by molar-refractivity contribution is -0.139. The Kier molecular flexibility index (Phi) is 5.52. The quantitative estimate of drug-likeness (QED) is 0.571. The zero-order valence-electron chi connectivity index (χ0n) is 14.3. The molecule has 26 heavy (non-hydrogen) atoms. The Labute approximate surface area is 163 Å². The molecule has 2 aromatic rings. The molecule has 1 aromatic heterocycles. The van der Waals surface area contributed by atoms with E-state index < -0.39 is 11.5 Å². The third-order valence-corrected chi connectivity index (χ3v) is 5.39. The van der Waals surface area contributed by atoms with Crippen molar-refractivity contribution >= 4 is 39.1 Å². The minimum absolute atomic E-state index is 0.250. The maximum Gasteiger partial charge on any atom is 0.338 e. The van der Waals surface area contributed by atoms with Gasteiger partial charge in [0.1, 0.15) is 11.4 Å². The zero-order valence-corrected chi connectivity index (χ0v) is 16.7. The van der Waals surface area contributed by atoms with E-state index in [0.717, 1.165) is 0 Å². The van der Waals surface area contributed by atoms with Crippen molar-refractivity contribution in [2.45, 2.75) is 19.4 Å². The number of hydrogen-bond donors (Lipinski definition) is 1. The van der Waals surface area contributed by atoms with Crippen molar-refractivity contribution < 1.29 is 13.9 Å². The van der Waals surface area contributed by atoms with Gasteiger partial charge in [-0.15, -0.1) is 11.3 Å². The van der Waals surface area contributed by atoms with Gasteiger partial charge in [0.25, 0.3) is 0 Å². The van der Waals surface area contributed by atoms with Crippen molar-refractivity contribution in [1.29, 1.82) is 0 Å². The standard InChI is InChI=1S/C18H17BrFN3O2S/c1-3-25-17(24)14-13(10-19)22-15(16-21-8-9-26-16)23-18(14,2)11-4-6-12(20)7-5-11/h4-9H,3,10H2,1-2H3,(H,22,23)/t18-/m1/s1. The molecule has 0 radical (unpaired) electrons. The van der Waals surface area contributed by atoms with E-state index in [9.17, 15) is 9.18 Å². The lowest BCUT2D eigenvalue weighted by atomic mass is 9.82. The first-order valence-electron chi connectivity index (χ1n) is 7.99. The van der Waals surface area contributed by atoms with Crippen molar-refractivity contribution in [3.05, 3.63) is 63.5 Å². The molecule has 3 rings (SSSR count). The summed E-state index contributed by atoms with van der Waals surface area (Å²) < 4.78 is 18.7. The lowest BCUT2D eigenvalue weighted by Crippen LogP contribution is -2.42. The summed E-state index contributed by atoms with van der Waals surface area (Å²) in [5.41, 5.74) is 0.699. The fraction of sp³-hybridized carbons (Fsp3) is 0.278. The first-order chi connectivity index (χ1) is 12.5. The molecular weight excluding hydrogens is 421 g/mol. The third-order valence-electron chi connectivity index (χ3n) is 4.05. The van der Waals surface area contributed by atoms with Crippen LogP contribution in [0, 0.1) is 5.82 Å². The molecule has 1 atom stereocenters. The SMILES string of the molecule is CCOC(=O)C1=C(CBr)NC(c2nccs2)=N[C@]1(C)c1ccc(F)cc1. The number of benzene rings is 1. The van der Waals surface area contributed by atoms with Gasteiger partial charge in [-0.05, 0) is 31.5 Å². The van der Waals surface area contributed by atoms with Crippen LogP contribution in [0.4, 0.5) is 4.39 Å². The number of carbonyl (C=O) groups excluding carboxylic acids is 1. The number of carbonyl (C=O) groups is 1. The number of allylic oxidation sites excluding steroid dienone is 1. The molecule has 1 aliphatic rings. The number of amidine groups is 1. The van der Waals surface area contributed by atoms with Crippen LogP contribution in [0.25, 0.3) is 0 Å². The summed E-state index contributed by atoms with van der Waals surface area (Å²) in [5.74, 6) is -0.240. The van der Waals surface area contributed by atoms with Gasteiger partial charge in [0, 0.05) is 22.6 Å². The van der Waals surface area contributed by atoms with Crippen molar-refractivity contribution in [3.63, 3.8) is 0 Å². The summed E-state index contributed by atoms with van der Waals surface area (Å²) in [5, 5.41) is 6.15. The Hall–Kier alpha value is -2.06. The first-order valence-corrected chi connectivity index (χ1v) is 9.99. The molecule has 0 saturated carbocycles. The van der Waals surface area contributed by atoms with E-state index in [-0.39, 0.29) is 12.4 Å². The lowest BCUT2D eigenvalue weighted by Gasteiger charge is -2.34. The Morgan fingerprint density at radius 1 is 1.38 bits per heavy atom. The molecule has 5 nitrogen and oxygen atoms in total. The van der Waals surface area contributed by atoms with Gasteiger partial charge in [-0.25, -0.2) is 19.2 Å². The summed E-state index contributed by atoms with van der Waals surface area (Å²) in [6.45, 7) is 3.83. The van der Waals surface area contributed by atoms with E-state index in [4.69, 9.17) is 9.73 Å². The summed E-state index contributed by atoms with van der Waals surface area (Å²) in [6, 6.07) is 5.99. The van der Waals surface area contributed by atoms with Crippen LogP contribution in [-0.4, -0.2) is 28.7 Å². The van der Waals surface area contributed by atoms with Crippen molar-refractivity contribution in [2.24, 2.45) is 4.99 Å². The topological polar surface area (TPSA) is 63.6 Å². The molecule has 8 heteroatoms. The molecule has 0 unspecified atom stereocenters. The molecule has 0 amide bonds. The van der Waals surface area contributed by atoms with Gasteiger partial charge in [0.15, 0.2) is 10.8 Å². The maximum atomic E-state index is 13.4. The fourth-order valence-corrected chi connectivity index (χ4v) is 3.86. The van der Waals surface area contributed by atoms with E-state index in [0.29, 0.717) is 33.0 Å². The van der Waals surface area contributed by atoms with Crippen LogP contribution in [-0.2, 0) is 15.1 Å². The highest BCUT2D eigenvalue weighted by Gasteiger charge is 2.42. The van der Waals surface area contributed by atoms with Crippen molar-refractivity contribution in [3.8, 4) is 0 Å². The van der Waals surface area contributed by atoms with Gasteiger partial charge in [-0.1, -0.05) is 28.1 Å². The average Bonchev–Trinajstić information content (AvgIpc) is 3.16. The predicted octanol–water partition coefficient (Wildman–Crippen LogP) is 3.76. The van der Waals surface area contributed by atoms with Crippen LogP contribution in [0.2, 0.25) is 0 Å². The monoisotopic (exact) mass is 437 g/mol. The van der Waals surface area contributed by atoms with Crippen LogP contribution in [0.3, 0.4) is 0 Å². The Morgan fingerprint density at radius 2 is 2.12 bits per heavy atom. The average molecular weight is 438 g/mol. The summed E-state index contributed by atoms with van der Waals surface area (Å²) in [6.07, 6.45) is 1.69. The Morgan fingerprint density at radius 3 is 2.69 bits per heavy atom. The number of aliphatic imine (C=N–C) groups is 1. The van der Waals surface area contributed by atoms with E-state index in [1.165, 1.54) is 23.5 Å². The number of hydrogen-bond acceptors (Lipinski definition) is 6. The number of rotatable bonds is 5. The Balaban J connectivity index is 2.19. The Bertz CT molecular complexity index is 865. The number of alkyl halides is 1. The van der Waals surface area contributed by atoms with Crippen molar-refractivity contribution in [2.75, 3.05) is 11.9 Å². The second-order valence-corrected chi connectivity index (χ2v) is 7.16. The molecule has 1 aromatic carbocycles. The van der Waals surface area contributed by atoms with Crippen LogP contribution < -0.4 is 5.32 Å². The van der Waals surface area contributed by atoms with Crippen LogP contribution in [0.1, 0.15) is 24.4 Å². The summed E-state index contributed by atoms with van der Waals surface area (Å²) in [4.78, 5) is 21.8. The van der Waals surface area contributed by atoms with Gasteiger partial charge in [0.05, 0.1) is 12.2 Å². The van der Waals surface area contributed by atoms with Crippen molar-refractivity contribution in [1.82, 2.24) is 10.3 Å². The van der Waals surface area contributed by atoms with E-state index >= 15 is 0 Å². The molecule has 1 N–H and O–H groups in total. The largest absolute Gasteiger partial charge is 0.463 e. The molecule has 0 spiro atoms. The van der Waals surface area contributed by atoms with Crippen LogP contribution >= 0.6 is 27.3 Å². The number of nitrogens with zero attached hydrogens (tertiary/aromatic N) is 2. The minimum Gasteiger partial charge on any atom is -0.463 e. The van der Waals surface area contributed by atoms with Gasteiger partial charge in [0.2, 0.25) is 0 Å². The number of aromatic nitrogens is 1. The molecule has 0 bridgehead atoms. The number of thiazole rings is 1. The normalized spacial score (nSPS) is 19.8. The fourth-order valence-electron chi connectivity index (χ4n) is 2.86. The first kappa shape index (κ1) is 18.7. The predicted molar refractivity (Wildman–Crippen MR) is 103 cm³/mol. The van der Waals surface area contributed by atoms with E-state index in [1.54, 1.807) is 25.3 Å². The molecule has 1 aliphatic heterocycles. The van der Waals surface area contributed by atoms with E-state index in [2.05, 4.69) is 26.2 Å². The number of nitrogens with one attached hydrogen (secondary N) is 1. The van der Waals surface area contributed by atoms with Crippen LogP contribution in [0.5, 0.6) is 0 Å². The smallest absolute Gasteiger partial charge is 0.338 e. The molecule has 0 saturated heterocycles. The molecule has 2 heterocycles. The second-order valence-electron chi connectivity index (χ2n) is 5.71. The zero-order chi connectivity index (χ0) is 18.7. The molecule has 136 valence electrons. The van der Waals surface area contributed by atoms with Gasteiger partial charge in [-0.3, -0.25) is 0 Å². The third kappa shape index (κ3) is 3.43. The van der Waals surface area contributed by atoms with Gasteiger partial charge in [-0.2, -0.15) is 0 Å². The number of esters is 1. The molecule has 0 fully saturated rings. The number of halogens is 2. The highest BCUT2D eigenvalue weighted by molar-refractivity contribution is 9.09. The van der Waals surface area contributed by atoms with Crippen LogP contribution in [0.15, 0.2) is 52.1 Å². The molecular formula is C18H17BrFN3O2S. The second kappa shape index (κ2) is 7.67. The highest BCUT2D eigenvalue weighted by atomic mass is 79.9. The maximum absolute atomic E-state index is 13.4. The highest BCUT2D eigenvalue weighted by Crippen LogP contribution is 2.39. The minimum atomic E-state index is -1.03. The molecule has 0 aliphatic carbocycles. The number of ether oxygens (including phenoxy) is 1.